The standard InChI is InChI=1S/C22H21BrN2O2/c1-22(14-15-7-4-3-5-8-15)21(27)25-12-11-16-9-6-10-18(23)17(16)13-19(25)20(26)24(22)2/h3-10,13H,11-12,14H2,1-2H3. The number of amides is 2. The van der Waals surface area contributed by atoms with Gasteiger partial charge in [0.2, 0.25) is 0 Å². The summed E-state index contributed by atoms with van der Waals surface area (Å²) in [6.07, 6.45) is 3.07. The zero-order chi connectivity index (χ0) is 19.2. The maximum atomic E-state index is 13.5. The summed E-state index contributed by atoms with van der Waals surface area (Å²) in [5.74, 6) is -0.139. The van der Waals surface area contributed by atoms with Gasteiger partial charge in [0.1, 0.15) is 11.2 Å². The average molecular weight is 425 g/mol. The van der Waals surface area contributed by atoms with Gasteiger partial charge in [-0.3, -0.25) is 9.59 Å². The Kier molecular flexibility index (Phi) is 4.42. The Morgan fingerprint density at radius 3 is 2.56 bits per heavy atom. The van der Waals surface area contributed by atoms with E-state index < -0.39 is 5.54 Å². The molecule has 2 aliphatic heterocycles. The van der Waals surface area contributed by atoms with Crippen LogP contribution in [0.1, 0.15) is 23.6 Å². The van der Waals surface area contributed by atoms with Crippen molar-refractivity contribution in [3.63, 3.8) is 0 Å². The van der Waals surface area contributed by atoms with Gasteiger partial charge < -0.3 is 9.80 Å². The molecule has 138 valence electrons. The summed E-state index contributed by atoms with van der Waals surface area (Å²) in [5, 5.41) is 0. The molecule has 2 amide bonds. The molecule has 0 aliphatic carbocycles. The third-order valence-corrected chi connectivity index (χ3v) is 6.37. The monoisotopic (exact) mass is 424 g/mol. The fourth-order valence-electron chi connectivity index (χ4n) is 3.93. The van der Waals surface area contributed by atoms with Crippen LogP contribution >= 0.6 is 15.9 Å². The van der Waals surface area contributed by atoms with Crippen LogP contribution in [0.2, 0.25) is 0 Å². The zero-order valence-electron chi connectivity index (χ0n) is 15.4. The van der Waals surface area contributed by atoms with Gasteiger partial charge in [0.15, 0.2) is 0 Å². The highest BCUT2D eigenvalue weighted by Gasteiger charge is 2.50. The van der Waals surface area contributed by atoms with Crippen molar-refractivity contribution in [2.75, 3.05) is 13.6 Å². The number of carbonyl (C=O) groups excluding carboxylic acids is 2. The third kappa shape index (κ3) is 2.90. The van der Waals surface area contributed by atoms with Gasteiger partial charge in [-0.1, -0.05) is 58.4 Å². The number of halogens is 1. The minimum Gasteiger partial charge on any atom is -0.326 e. The van der Waals surface area contributed by atoms with E-state index in [4.69, 9.17) is 0 Å². The van der Waals surface area contributed by atoms with Gasteiger partial charge in [-0.15, -0.1) is 0 Å². The molecule has 4 nitrogen and oxygen atoms in total. The van der Waals surface area contributed by atoms with Crippen molar-refractivity contribution < 1.29 is 9.59 Å². The Hall–Kier alpha value is -2.40. The van der Waals surface area contributed by atoms with E-state index in [0.717, 1.165) is 27.6 Å². The van der Waals surface area contributed by atoms with Crippen molar-refractivity contribution in [2.24, 2.45) is 0 Å². The van der Waals surface area contributed by atoms with Gasteiger partial charge in [-0.2, -0.15) is 0 Å². The van der Waals surface area contributed by atoms with E-state index in [-0.39, 0.29) is 11.8 Å². The number of hydrogen-bond donors (Lipinski definition) is 0. The van der Waals surface area contributed by atoms with E-state index in [1.54, 1.807) is 16.8 Å². The molecule has 4 rings (SSSR count). The van der Waals surface area contributed by atoms with Gasteiger partial charge >= 0.3 is 0 Å². The molecule has 2 aromatic carbocycles. The summed E-state index contributed by atoms with van der Waals surface area (Å²) in [6.45, 7) is 2.38. The first-order valence-electron chi connectivity index (χ1n) is 9.05. The van der Waals surface area contributed by atoms with Gasteiger partial charge in [-0.25, -0.2) is 0 Å². The van der Waals surface area contributed by atoms with Crippen LogP contribution in [0.3, 0.4) is 0 Å². The molecule has 27 heavy (non-hydrogen) atoms. The summed E-state index contributed by atoms with van der Waals surface area (Å²) in [6, 6.07) is 15.9. The lowest BCUT2D eigenvalue weighted by molar-refractivity contribution is -0.156. The molecule has 1 atom stereocenters. The molecule has 0 spiro atoms. The van der Waals surface area contributed by atoms with E-state index in [0.29, 0.717) is 18.7 Å². The summed E-state index contributed by atoms with van der Waals surface area (Å²) < 4.78 is 0.940. The Balaban J connectivity index is 1.76. The number of nitrogens with zero attached hydrogens (tertiary/aromatic N) is 2. The van der Waals surface area contributed by atoms with Crippen molar-refractivity contribution in [1.29, 1.82) is 0 Å². The zero-order valence-corrected chi connectivity index (χ0v) is 17.0. The minimum absolute atomic E-state index is 0.0244. The molecule has 2 aliphatic rings. The topological polar surface area (TPSA) is 40.6 Å². The van der Waals surface area contributed by atoms with Gasteiger partial charge in [0, 0.05) is 24.5 Å². The highest BCUT2D eigenvalue weighted by Crippen LogP contribution is 2.35. The normalized spacial score (nSPS) is 22.1. The molecule has 1 fully saturated rings. The molecule has 1 unspecified atom stereocenters. The van der Waals surface area contributed by atoms with Crippen LogP contribution < -0.4 is 0 Å². The number of fused-ring (bicyclic) bond motifs is 2. The molecule has 0 N–H and O–H groups in total. The number of rotatable bonds is 2. The average Bonchev–Trinajstić information content (AvgIpc) is 2.87. The third-order valence-electron chi connectivity index (χ3n) is 5.68. The number of piperazine rings is 1. The molecule has 0 aromatic heterocycles. The largest absolute Gasteiger partial charge is 0.326 e. The Morgan fingerprint density at radius 2 is 1.81 bits per heavy atom. The van der Waals surface area contributed by atoms with Crippen molar-refractivity contribution >= 4 is 33.8 Å². The van der Waals surface area contributed by atoms with Crippen LogP contribution in [0.4, 0.5) is 0 Å². The number of likely N-dealkylation sites (N-methyl/N-ethyl adjacent to an activating group) is 1. The molecule has 0 saturated carbocycles. The molecular formula is C22H21BrN2O2. The lowest BCUT2D eigenvalue weighted by Crippen LogP contribution is -2.65. The number of carbonyl (C=O) groups is 2. The second kappa shape index (κ2) is 6.64. The first-order valence-corrected chi connectivity index (χ1v) is 9.84. The first-order chi connectivity index (χ1) is 12.9. The van der Waals surface area contributed by atoms with Crippen molar-refractivity contribution in [1.82, 2.24) is 9.80 Å². The minimum atomic E-state index is -0.899. The van der Waals surface area contributed by atoms with Gasteiger partial charge in [-0.05, 0) is 42.2 Å². The van der Waals surface area contributed by atoms with Crippen LogP contribution in [-0.4, -0.2) is 40.7 Å². The highest BCUT2D eigenvalue weighted by molar-refractivity contribution is 9.10. The number of hydrogen-bond acceptors (Lipinski definition) is 2. The highest BCUT2D eigenvalue weighted by atomic mass is 79.9. The van der Waals surface area contributed by atoms with Crippen LogP contribution in [-0.2, 0) is 22.4 Å². The maximum absolute atomic E-state index is 13.5. The fourth-order valence-corrected chi connectivity index (χ4v) is 4.46. The predicted molar refractivity (Wildman–Crippen MR) is 109 cm³/mol. The van der Waals surface area contributed by atoms with E-state index in [1.807, 2.05) is 55.5 Å². The molecule has 0 bridgehead atoms. The molecule has 5 heteroatoms. The smallest absolute Gasteiger partial charge is 0.271 e. The Morgan fingerprint density at radius 1 is 1.07 bits per heavy atom. The van der Waals surface area contributed by atoms with Gasteiger partial charge in [0.05, 0.1) is 0 Å². The molecular weight excluding hydrogens is 404 g/mol. The molecule has 2 aromatic rings. The fraction of sp³-hybridized carbons (Fsp3) is 0.273. The van der Waals surface area contributed by atoms with Crippen molar-refractivity contribution in [3.8, 4) is 0 Å². The summed E-state index contributed by atoms with van der Waals surface area (Å²) in [5.41, 5.74) is 2.72. The number of benzene rings is 2. The van der Waals surface area contributed by atoms with Crippen molar-refractivity contribution in [3.05, 3.63) is 75.4 Å². The van der Waals surface area contributed by atoms with Crippen LogP contribution in [0.15, 0.2) is 58.7 Å². The van der Waals surface area contributed by atoms with Crippen LogP contribution in [0.5, 0.6) is 0 Å². The molecule has 2 heterocycles. The summed E-state index contributed by atoms with van der Waals surface area (Å²) in [4.78, 5) is 30.0. The van der Waals surface area contributed by atoms with E-state index >= 15 is 0 Å². The quantitative estimate of drug-likeness (QED) is 0.737. The summed E-state index contributed by atoms with van der Waals surface area (Å²) in [7, 11) is 1.73. The van der Waals surface area contributed by atoms with Crippen molar-refractivity contribution in [2.45, 2.75) is 25.3 Å². The second-order valence-electron chi connectivity index (χ2n) is 7.35. The lowest BCUT2D eigenvalue weighted by atomic mass is 9.87. The first kappa shape index (κ1) is 18.0. The molecule has 0 radical (unpaired) electrons. The van der Waals surface area contributed by atoms with Gasteiger partial charge in [0.25, 0.3) is 11.8 Å². The van der Waals surface area contributed by atoms with E-state index in [1.165, 1.54) is 0 Å². The maximum Gasteiger partial charge on any atom is 0.271 e. The van der Waals surface area contributed by atoms with E-state index in [9.17, 15) is 9.59 Å². The molecule has 1 saturated heterocycles. The second-order valence-corrected chi connectivity index (χ2v) is 8.20. The van der Waals surface area contributed by atoms with Crippen LogP contribution in [0.25, 0.3) is 6.08 Å². The Bertz CT molecular complexity index is 954. The predicted octanol–water partition coefficient (Wildman–Crippen LogP) is 3.65. The lowest BCUT2D eigenvalue weighted by Gasteiger charge is -2.46. The SMILES string of the molecule is CN1C(=O)C2=Cc3c(Br)cccc3CCN2C(=O)C1(C)Cc1ccccc1. The summed E-state index contributed by atoms with van der Waals surface area (Å²) >= 11 is 3.58. The van der Waals surface area contributed by atoms with E-state index in [2.05, 4.69) is 22.0 Å². The van der Waals surface area contributed by atoms with Crippen LogP contribution in [0, 0.1) is 0 Å². The Labute approximate surface area is 167 Å².